The maximum absolute atomic E-state index is 6.91. The Kier molecular flexibility index (Phi) is 12.1. The molecule has 6 heteroatoms. The number of nitrogens with zero attached hydrogens (tertiary/aromatic N) is 4. The van der Waals surface area contributed by atoms with E-state index in [0.29, 0.717) is 11.5 Å². The van der Waals surface area contributed by atoms with Gasteiger partial charge in [-0.1, -0.05) is 184 Å². The third kappa shape index (κ3) is 8.34. The summed E-state index contributed by atoms with van der Waals surface area (Å²) in [5.74, 6) is 2.08. The van der Waals surface area contributed by atoms with Gasteiger partial charge in [-0.2, -0.15) is 6.07 Å². The molecule has 0 fully saturated rings. The van der Waals surface area contributed by atoms with E-state index < -0.39 is 0 Å². The number of benzene rings is 7. The van der Waals surface area contributed by atoms with Crippen LogP contribution in [0.2, 0.25) is 0 Å². The quantitative estimate of drug-likeness (QED) is 0.135. The van der Waals surface area contributed by atoms with Gasteiger partial charge in [0.15, 0.2) is 0 Å². The van der Waals surface area contributed by atoms with E-state index in [-0.39, 0.29) is 42.7 Å². The van der Waals surface area contributed by atoms with Crippen molar-refractivity contribution in [3.05, 3.63) is 222 Å². The molecular formula is C62H59N4OPt-3. The number of para-hydroxylation sites is 4. The Labute approximate surface area is 417 Å². The molecule has 0 atom stereocenters. The molecule has 0 saturated heterocycles. The van der Waals surface area contributed by atoms with Gasteiger partial charge in [-0.3, -0.25) is 0 Å². The van der Waals surface area contributed by atoms with E-state index in [1.807, 2.05) is 12.3 Å². The van der Waals surface area contributed by atoms with Gasteiger partial charge in [0.05, 0.1) is 0 Å². The van der Waals surface area contributed by atoms with Gasteiger partial charge >= 0.3 is 0 Å². The van der Waals surface area contributed by atoms with Crippen LogP contribution in [-0.2, 0) is 42.7 Å². The van der Waals surface area contributed by atoms with Crippen LogP contribution >= 0.6 is 0 Å². The van der Waals surface area contributed by atoms with Crippen LogP contribution in [0.15, 0.2) is 170 Å². The first kappa shape index (κ1) is 46.7. The van der Waals surface area contributed by atoms with Crippen molar-refractivity contribution >= 4 is 44.6 Å². The zero-order chi connectivity index (χ0) is 46.9. The molecule has 1 aliphatic heterocycles. The van der Waals surface area contributed by atoms with Crippen molar-refractivity contribution in [3.63, 3.8) is 0 Å². The summed E-state index contributed by atoms with van der Waals surface area (Å²) in [6.45, 7) is 25.1. The fraction of sp³-hybridized carbons (Fsp3) is 0.226. The van der Waals surface area contributed by atoms with E-state index in [1.165, 1.54) is 33.5 Å². The van der Waals surface area contributed by atoms with Gasteiger partial charge < -0.3 is 19.1 Å². The van der Waals surface area contributed by atoms with Crippen LogP contribution < -0.4 is 14.5 Å². The van der Waals surface area contributed by atoms with Crippen LogP contribution in [0.4, 0.5) is 22.7 Å². The second-order valence-corrected chi connectivity index (χ2v) is 21.1. The zero-order valence-electron chi connectivity index (χ0n) is 40.8. The topological polar surface area (TPSA) is 33.5 Å². The Bertz CT molecular complexity index is 3210. The van der Waals surface area contributed by atoms with Gasteiger partial charge in [-0.25, -0.2) is 4.98 Å². The predicted molar refractivity (Wildman–Crippen MR) is 279 cm³/mol. The molecular weight excluding hydrogens is 1010 g/mol. The Balaban J connectivity index is 0.00000578. The number of hydrogen-bond donors (Lipinski definition) is 0. The summed E-state index contributed by atoms with van der Waals surface area (Å²) >= 11 is 0. The molecule has 1 aliphatic rings. The van der Waals surface area contributed by atoms with Crippen molar-refractivity contribution in [2.24, 2.45) is 0 Å². The third-order valence-electron chi connectivity index (χ3n) is 13.8. The van der Waals surface area contributed by atoms with Crippen molar-refractivity contribution in [2.45, 2.75) is 90.9 Å². The van der Waals surface area contributed by atoms with Crippen molar-refractivity contribution in [1.29, 1.82) is 0 Å². The molecule has 3 heterocycles. The average molecular weight is 1070 g/mol. The molecule has 0 saturated carbocycles. The molecule has 0 radical (unpaired) electrons. The molecule has 0 unspecified atom stereocenters. The Morgan fingerprint density at radius 2 is 1.06 bits per heavy atom. The Morgan fingerprint density at radius 3 is 1.68 bits per heavy atom. The van der Waals surface area contributed by atoms with E-state index in [2.05, 4.69) is 260 Å². The number of hydrogen-bond acceptors (Lipinski definition) is 4. The van der Waals surface area contributed by atoms with Crippen LogP contribution in [0.25, 0.3) is 27.6 Å². The minimum absolute atomic E-state index is 0. The van der Waals surface area contributed by atoms with Crippen LogP contribution in [-0.4, -0.2) is 9.55 Å². The molecule has 5 nitrogen and oxygen atoms in total. The second kappa shape index (κ2) is 17.6. The van der Waals surface area contributed by atoms with E-state index in [1.54, 1.807) is 0 Å². The van der Waals surface area contributed by atoms with E-state index in [0.717, 1.165) is 50.2 Å². The van der Waals surface area contributed by atoms with Crippen LogP contribution in [0.3, 0.4) is 0 Å². The van der Waals surface area contributed by atoms with Crippen LogP contribution in [0, 0.1) is 18.8 Å². The smallest absolute Gasteiger partial charge is 0.135 e. The maximum Gasteiger partial charge on any atom is 0.135 e. The van der Waals surface area contributed by atoms with Crippen molar-refractivity contribution < 1.29 is 25.8 Å². The molecule has 9 aromatic rings. The van der Waals surface area contributed by atoms with E-state index in [9.17, 15) is 0 Å². The summed E-state index contributed by atoms with van der Waals surface area (Å²) in [7, 11) is 0. The number of ether oxygens (including phenoxy) is 1. The summed E-state index contributed by atoms with van der Waals surface area (Å²) in [4.78, 5) is 9.59. The predicted octanol–water partition coefficient (Wildman–Crippen LogP) is 16.2. The summed E-state index contributed by atoms with van der Waals surface area (Å²) in [6, 6.07) is 66.1. The first-order valence-corrected chi connectivity index (χ1v) is 23.5. The van der Waals surface area contributed by atoms with Gasteiger partial charge in [-0.05, 0) is 74.4 Å². The minimum atomic E-state index is -0.330. The van der Waals surface area contributed by atoms with Gasteiger partial charge in [0.25, 0.3) is 0 Å². The molecule has 0 N–H and O–H groups in total. The molecule has 10 rings (SSSR count). The van der Waals surface area contributed by atoms with Gasteiger partial charge in [0.2, 0.25) is 0 Å². The average Bonchev–Trinajstić information content (AvgIpc) is 3.87. The number of anilines is 4. The van der Waals surface area contributed by atoms with Crippen molar-refractivity contribution in [1.82, 2.24) is 9.55 Å². The normalized spacial score (nSPS) is 13.2. The Morgan fingerprint density at radius 1 is 0.485 bits per heavy atom. The number of aromatic nitrogens is 2. The third-order valence-corrected chi connectivity index (χ3v) is 13.8. The number of rotatable bonds is 9. The van der Waals surface area contributed by atoms with E-state index in [4.69, 9.17) is 9.72 Å². The van der Waals surface area contributed by atoms with Gasteiger partial charge in [0.1, 0.15) is 5.82 Å². The fourth-order valence-corrected chi connectivity index (χ4v) is 9.76. The molecule has 2 aromatic heterocycles. The van der Waals surface area contributed by atoms with Gasteiger partial charge in [-0.15, -0.1) is 53.6 Å². The first-order valence-electron chi connectivity index (χ1n) is 23.5. The molecule has 346 valence electrons. The maximum atomic E-state index is 6.91. The van der Waals surface area contributed by atoms with Crippen molar-refractivity contribution in [3.8, 4) is 17.3 Å². The molecule has 0 amide bonds. The molecule has 68 heavy (non-hydrogen) atoms. The standard InChI is InChI=1S/C62H59N4O.Pt/c1-59(2,3)44-34-35-63-57(38-44)66-53-29-18-17-26-49(53)50-33-32-47(40-56(50)66)67-48-37-45(60(4,5)6)36-46(39-48)64-41-65(55-31-20-19-30-54(55)64)58-51(61(7,8)42-22-13-11-14-23-42)27-21-28-52(58)62(9,10)43-24-15-12-16-25-43;/h11-38,41H,1-10H3;/q-3;. The fourth-order valence-electron chi connectivity index (χ4n) is 9.76. The van der Waals surface area contributed by atoms with Gasteiger partial charge in [0, 0.05) is 72.2 Å². The van der Waals surface area contributed by atoms with Crippen molar-refractivity contribution in [2.75, 3.05) is 9.80 Å². The van der Waals surface area contributed by atoms with Crippen LogP contribution in [0.5, 0.6) is 11.5 Å². The molecule has 0 spiro atoms. The summed E-state index contributed by atoms with van der Waals surface area (Å²) in [5, 5.41) is 2.23. The number of fused-ring (bicyclic) bond motifs is 4. The number of pyridine rings is 1. The molecule has 0 bridgehead atoms. The first-order chi connectivity index (χ1) is 32.0. The zero-order valence-corrected chi connectivity index (χ0v) is 43.0. The summed E-state index contributed by atoms with van der Waals surface area (Å²) in [6.07, 6.45) is 1.91. The largest absolute Gasteiger partial charge is 0.509 e. The Hall–Kier alpha value is -6.42. The summed E-state index contributed by atoms with van der Waals surface area (Å²) in [5.41, 5.74) is 12.7. The molecule has 0 aliphatic carbocycles. The van der Waals surface area contributed by atoms with Crippen LogP contribution in [0.1, 0.15) is 103 Å². The SMILES string of the molecule is CC(C)(C)c1cc(Oc2[c-]c3c(cc2)c2ccccc2n3-c2cc(C(C)(C)C)ccn2)[c-]c(N2[CH-]N(c3c(C(C)(C)c4ccccc4)cccc3C(C)(C)c3ccccc3)c3ccccc32)c1.[Pt]. The summed E-state index contributed by atoms with van der Waals surface area (Å²) < 4.78 is 9.12. The monoisotopic (exact) mass is 1070 g/mol. The molecule has 7 aromatic carbocycles. The van der Waals surface area contributed by atoms with E-state index >= 15 is 0 Å². The second-order valence-electron chi connectivity index (χ2n) is 21.1. The minimum Gasteiger partial charge on any atom is -0.509 e.